The van der Waals surface area contributed by atoms with E-state index in [4.69, 9.17) is 21.7 Å². The summed E-state index contributed by atoms with van der Waals surface area (Å²) in [5.74, 6) is 0.163. The van der Waals surface area contributed by atoms with Crippen LogP contribution in [0.1, 0.15) is 20.8 Å². The van der Waals surface area contributed by atoms with Gasteiger partial charge in [-0.05, 0) is 45.1 Å². The van der Waals surface area contributed by atoms with Gasteiger partial charge in [0.05, 0.1) is 12.0 Å². The number of alkyl carbamates (subject to hydrolysis) is 1. The lowest BCUT2D eigenvalue weighted by atomic mass is 10.2. The van der Waals surface area contributed by atoms with Crippen molar-refractivity contribution in [2.24, 2.45) is 0 Å². The van der Waals surface area contributed by atoms with Gasteiger partial charge >= 0.3 is 11.8 Å². The molecule has 0 aliphatic heterocycles. The Hall–Kier alpha value is -2.62. The van der Waals surface area contributed by atoms with Gasteiger partial charge in [-0.2, -0.15) is 0 Å². The zero-order valence-electron chi connectivity index (χ0n) is 14.5. The van der Waals surface area contributed by atoms with Crippen molar-refractivity contribution in [3.05, 3.63) is 28.3 Å². The summed E-state index contributed by atoms with van der Waals surface area (Å²) in [5, 5.41) is 19.5. The molecule has 0 spiro atoms. The molecule has 1 amide bonds. The van der Waals surface area contributed by atoms with Crippen LogP contribution in [0, 0.1) is 10.1 Å². The number of anilines is 1. The van der Waals surface area contributed by atoms with Crippen molar-refractivity contribution in [2.75, 3.05) is 25.5 Å². The molecular formula is C15H22N4O5S. The maximum atomic E-state index is 11.5. The Balaban J connectivity index is 2.44. The number of nitro benzene ring substituents is 1. The highest BCUT2D eigenvalue weighted by Gasteiger charge is 2.16. The normalized spacial score (nSPS) is 10.6. The predicted molar refractivity (Wildman–Crippen MR) is 98.1 cm³/mol. The van der Waals surface area contributed by atoms with Crippen LogP contribution in [0.4, 0.5) is 16.2 Å². The Labute approximate surface area is 151 Å². The summed E-state index contributed by atoms with van der Waals surface area (Å²) in [5.41, 5.74) is -0.274. The fraction of sp³-hybridized carbons (Fsp3) is 0.467. The number of nitrogens with one attached hydrogen (secondary N) is 3. The number of carbonyl (C=O) groups excluding carboxylic acids is 1. The van der Waals surface area contributed by atoms with Gasteiger partial charge in [-0.3, -0.25) is 10.1 Å². The van der Waals surface area contributed by atoms with Crippen LogP contribution in [-0.2, 0) is 4.74 Å². The fourth-order valence-electron chi connectivity index (χ4n) is 1.74. The zero-order chi connectivity index (χ0) is 19.0. The first kappa shape index (κ1) is 20.4. The summed E-state index contributed by atoms with van der Waals surface area (Å²) >= 11 is 5.11. The third-order valence-corrected chi connectivity index (χ3v) is 2.96. The molecule has 1 aromatic rings. The number of hydrogen-bond donors (Lipinski definition) is 3. The van der Waals surface area contributed by atoms with Gasteiger partial charge < -0.3 is 25.4 Å². The lowest BCUT2D eigenvalue weighted by Crippen LogP contribution is -2.39. The number of hydrogen-bond acceptors (Lipinski definition) is 6. The highest BCUT2D eigenvalue weighted by atomic mass is 32.1. The quantitative estimate of drug-likeness (QED) is 0.303. The minimum absolute atomic E-state index is 0.163. The van der Waals surface area contributed by atoms with Gasteiger partial charge in [0.15, 0.2) is 10.9 Å². The van der Waals surface area contributed by atoms with E-state index in [1.165, 1.54) is 19.2 Å². The van der Waals surface area contributed by atoms with Gasteiger partial charge in [0.2, 0.25) is 0 Å². The van der Waals surface area contributed by atoms with E-state index in [-0.39, 0.29) is 16.5 Å². The van der Waals surface area contributed by atoms with Gasteiger partial charge in [0, 0.05) is 24.8 Å². The molecule has 0 bridgehead atoms. The van der Waals surface area contributed by atoms with Crippen LogP contribution < -0.4 is 20.7 Å². The van der Waals surface area contributed by atoms with Crippen LogP contribution in [0.5, 0.6) is 5.75 Å². The van der Waals surface area contributed by atoms with Crippen LogP contribution in [0.15, 0.2) is 18.2 Å². The first-order valence-electron chi connectivity index (χ1n) is 7.46. The van der Waals surface area contributed by atoms with E-state index in [9.17, 15) is 14.9 Å². The molecule has 0 heterocycles. The Morgan fingerprint density at radius 1 is 1.28 bits per heavy atom. The summed E-state index contributed by atoms with van der Waals surface area (Å²) in [6.45, 7) is 6.00. The molecule has 0 atom stereocenters. The Bertz CT molecular complexity index is 645. The molecule has 1 aromatic carbocycles. The SMILES string of the molecule is COc1ccc(NC(=S)NCCNC(=O)OC(C)(C)C)cc1[N+](=O)[O-]. The number of thiocarbonyl (C=S) groups is 1. The molecule has 0 saturated heterocycles. The standard InChI is InChI=1S/C15H22N4O5S/c1-15(2,3)24-14(20)17-8-7-16-13(25)18-10-5-6-12(23-4)11(9-10)19(21)22/h5-6,9H,7-8H2,1-4H3,(H,17,20)(H2,16,18,25). The summed E-state index contributed by atoms with van der Waals surface area (Å²) in [6, 6.07) is 4.41. The van der Waals surface area contributed by atoms with Crippen molar-refractivity contribution in [3.8, 4) is 5.75 Å². The maximum absolute atomic E-state index is 11.5. The molecule has 0 unspecified atom stereocenters. The third kappa shape index (κ3) is 7.66. The molecule has 10 heteroatoms. The van der Waals surface area contributed by atoms with Gasteiger partial charge in [-0.25, -0.2) is 4.79 Å². The molecule has 0 fully saturated rings. The summed E-state index contributed by atoms with van der Waals surface area (Å²) in [6.07, 6.45) is -0.515. The number of amides is 1. The molecule has 25 heavy (non-hydrogen) atoms. The van der Waals surface area contributed by atoms with Gasteiger partial charge in [-0.15, -0.1) is 0 Å². The number of rotatable bonds is 6. The van der Waals surface area contributed by atoms with E-state index in [1.807, 2.05) is 0 Å². The molecule has 138 valence electrons. The number of nitrogens with zero attached hydrogens (tertiary/aromatic N) is 1. The van der Waals surface area contributed by atoms with Gasteiger partial charge in [-0.1, -0.05) is 0 Å². The predicted octanol–water partition coefficient (Wildman–Crippen LogP) is 2.41. The van der Waals surface area contributed by atoms with Crippen LogP contribution >= 0.6 is 12.2 Å². The molecule has 0 radical (unpaired) electrons. The van der Waals surface area contributed by atoms with E-state index < -0.39 is 16.6 Å². The summed E-state index contributed by atoms with van der Waals surface area (Å²) in [7, 11) is 1.36. The molecule has 3 N–H and O–H groups in total. The second kappa shape index (κ2) is 9.02. The summed E-state index contributed by atoms with van der Waals surface area (Å²) in [4.78, 5) is 21.9. The molecule has 0 aliphatic rings. The van der Waals surface area contributed by atoms with E-state index in [0.717, 1.165) is 0 Å². The number of methoxy groups -OCH3 is 1. The average Bonchev–Trinajstić information content (AvgIpc) is 2.49. The minimum atomic E-state index is -0.558. The van der Waals surface area contributed by atoms with Crippen molar-refractivity contribution in [1.82, 2.24) is 10.6 Å². The molecule has 1 rings (SSSR count). The lowest BCUT2D eigenvalue weighted by molar-refractivity contribution is -0.385. The fourth-order valence-corrected chi connectivity index (χ4v) is 1.96. The Kier molecular flexibility index (Phi) is 7.37. The number of carbonyl (C=O) groups is 1. The van der Waals surface area contributed by atoms with Gasteiger partial charge in [0.1, 0.15) is 5.60 Å². The number of nitro groups is 1. The van der Waals surface area contributed by atoms with E-state index in [1.54, 1.807) is 26.8 Å². The van der Waals surface area contributed by atoms with E-state index in [2.05, 4.69) is 16.0 Å². The van der Waals surface area contributed by atoms with Crippen LogP contribution in [-0.4, -0.2) is 41.9 Å². The first-order chi connectivity index (χ1) is 11.6. The van der Waals surface area contributed by atoms with E-state index >= 15 is 0 Å². The topological polar surface area (TPSA) is 115 Å². The monoisotopic (exact) mass is 370 g/mol. The van der Waals surface area contributed by atoms with E-state index in [0.29, 0.717) is 18.8 Å². The van der Waals surface area contributed by atoms with Crippen LogP contribution in [0.25, 0.3) is 0 Å². The highest BCUT2D eigenvalue weighted by Crippen LogP contribution is 2.29. The second-order valence-corrected chi connectivity index (χ2v) is 6.36. The second-order valence-electron chi connectivity index (χ2n) is 5.95. The highest BCUT2D eigenvalue weighted by molar-refractivity contribution is 7.80. The zero-order valence-corrected chi connectivity index (χ0v) is 15.4. The molecule has 0 aromatic heterocycles. The van der Waals surface area contributed by atoms with Crippen LogP contribution in [0.2, 0.25) is 0 Å². The largest absolute Gasteiger partial charge is 0.490 e. The Morgan fingerprint density at radius 2 is 1.92 bits per heavy atom. The average molecular weight is 370 g/mol. The van der Waals surface area contributed by atoms with Crippen molar-refractivity contribution < 1.29 is 19.2 Å². The summed E-state index contributed by atoms with van der Waals surface area (Å²) < 4.78 is 10.0. The number of ether oxygens (including phenoxy) is 2. The molecule has 0 saturated carbocycles. The lowest BCUT2D eigenvalue weighted by Gasteiger charge is -2.19. The van der Waals surface area contributed by atoms with Crippen molar-refractivity contribution in [3.63, 3.8) is 0 Å². The minimum Gasteiger partial charge on any atom is -0.490 e. The number of benzene rings is 1. The van der Waals surface area contributed by atoms with Crippen molar-refractivity contribution in [1.29, 1.82) is 0 Å². The third-order valence-electron chi connectivity index (χ3n) is 2.71. The maximum Gasteiger partial charge on any atom is 0.407 e. The molecule has 0 aliphatic carbocycles. The first-order valence-corrected chi connectivity index (χ1v) is 7.87. The Morgan fingerprint density at radius 3 is 2.48 bits per heavy atom. The van der Waals surface area contributed by atoms with Crippen molar-refractivity contribution in [2.45, 2.75) is 26.4 Å². The van der Waals surface area contributed by atoms with Crippen molar-refractivity contribution >= 4 is 34.8 Å². The molecular weight excluding hydrogens is 348 g/mol. The smallest absolute Gasteiger partial charge is 0.407 e. The van der Waals surface area contributed by atoms with Gasteiger partial charge in [0.25, 0.3) is 0 Å². The molecule has 9 nitrogen and oxygen atoms in total. The van der Waals surface area contributed by atoms with Crippen LogP contribution in [0.3, 0.4) is 0 Å².